The highest BCUT2D eigenvalue weighted by atomic mass is 79.9. The van der Waals surface area contributed by atoms with Crippen LogP contribution in [-0.2, 0) is 11.4 Å². The summed E-state index contributed by atoms with van der Waals surface area (Å²) in [6.45, 7) is 0.223. The molecule has 0 N–H and O–H groups in total. The Balaban J connectivity index is 1.58. The normalized spacial score (nSPS) is 14.8. The molecule has 1 saturated heterocycles. The standard InChI is InChI=1S/C24H16BrF2NO3S2/c1-30-20-10-15(9-19(25)22(20)31-13-14-5-7-16(26)8-6-14)11-21-23(29)28(24(32)33-21)18-4-2-3-17(27)12-18/h2-12H,13H2,1H3/b21-11+. The third kappa shape index (κ3) is 5.26. The number of halogens is 3. The first-order valence-corrected chi connectivity index (χ1v) is 11.7. The predicted octanol–water partition coefficient (Wildman–Crippen LogP) is 6.72. The number of benzene rings is 3. The van der Waals surface area contributed by atoms with Crippen LogP contribution in [0.2, 0.25) is 0 Å². The van der Waals surface area contributed by atoms with E-state index in [2.05, 4.69) is 15.9 Å². The average molecular weight is 548 g/mol. The van der Waals surface area contributed by atoms with Crippen LogP contribution in [0.4, 0.5) is 14.5 Å². The van der Waals surface area contributed by atoms with Crippen molar-refractivity contribution in [3.05, 3.63) is 92.8 Å². The number of hydrogen-bond acceptors (Lipinski definition) is 5. The Morgan fingerprint density at radius 3 is 2.55 bits per heavy atom. The van der Waals surface area contributed by atoms with Gasteiger partial charge in [-0.25, -0.2) is 8.78 Å². The van der Waals surface area contributed by atoms with Gasteiger partial charge in [-0.05, 0) is 75.6 Å². The molecule has 33 heavy (non-hydrogen) atoms. The number of ether oxygens (including phenoxy) is 2. The zero-order valence-corrected chi connectivity index (χ0v) is 20.4. The molecule has 1 aliphatic heterocycles. The fourth-order valence-electron chi connectivity index (χ4n) is 3.16. The Morgan fingerprint density at radius 2 is 1.85 bits per heavy atom. The fourth-order valence-corrected chi connectivity index (χ4v) is 5.03. The van der Waals surface area contributed by atoms with E-state index in [1.807, 2.05) is 0 Å². The number of amides is 1. The lowest BCUT2D eigenvalue weighted by Gasteiger charge is -2.14. The van der Waals surface area contributed by atoms with E-state index in [4.69, 9.17) is 21.7 Å². The monoisotopic (exact) mass is 547 g/mol. The lowest BCUT2D eigenvalue weighted by Crippen LogP contribution is -2.27. The molecule has 0 unspecified atom stereocenters. The van der Waals surface area contributed by atoms with Gasteiger partial charge in [-0.3, -0.25) is 9.69 Å². The van der Waals surface area contributed by atoms with Crippen LogP contribution in [0.15, 0.2) is 70.0 Å². The Hall–Kier alpha value is -2.75. The molecule has 3 aromatic carbocycles. The highest BCUT2D eigenvalue weighted by Crippen LogP contribution is 2.40. The highest BCUT2D eigenvalue weighted by molar-refractivity contribution is 9.10. The summed E-state index contributed by atoms with van der Waals surface area (Å²) >= 11 is 9.98. The van der Waals surface area contributed by atoms with E-state index in [1.54, 1.807) is 36.4 Å². The zero-order chi connectivity index (χ0) is 23.5. The van der Waals surface area contributed by atoms with Crippen molar-refractivity contribution in [2.24, 2.45) is 0 Å². The van der Waals surface area contributed by atoms with E-state index in [0.717, 1.165) is 17.3 Å². The lowest BCUT2D eigenvalue weighted by atomic mass is 10.1. The number of thioether (sulfide) groups is 1. The molecule has 0 saturated carbocycles. The molecule has 1 aliphatic rings. The minimum absolute atomic E-state index is 0.223. The van der Waals surface area contributed by atoms with Crippen molar-refractivity contribution < 1.29 is 23.0 Å². The van der Waals surface area contributed by atoms with Gasteiger partial charge in [0.25, 0.3) is 5.91 Å². The maximum Gasteiger partial charge on any atom is 0.270 e. The number of methoxy groups -OCH3 is 1. The first-order valence-electron chi connectivity index (χ1n) is 9.64. The first kappa shape index (κ1) is 23.4. The quantitative estimate of drug-likeness (QED) is 0.253. The molecule has 4 nitrogen and oxygen atoms in total. The van der Waals surface area contributed by atoms with Crippen molar-refractivity contribution >= 4 is 61.9 Å². The summed E-state index contributed by atoms with van der Waals surface area (Å²) in [6, 6.07) is 15.3. The number of thiocarbonyl (C=S) groups is 1. The SMILES string of the molecule is COc1cc(/C=C2/SC(=S)N(c3cccc(F)c3)C2=O)cc(Br)c1OCc1ccc(F)cc1. The average Bonchev–Trinajstić information content (AvgIpc) is 3.06. The van der Waals surface area contributed by atoms with Crippen LogP contribution in [0.3, 0.4) is 0 Å². The highest BCUT2D eigenvalue weighted by Gasteiger charge is 2.33. The molecule has 1 amide bonds. The van der Waals surface area contributed by atoms with Gasteiger partial charge in [-0.1, -0.05) is 42.2 Å². The summed E-state index contributed by atoms with van der Waals surface area (Å²) in [6.07, 6.45) is 1.69. The van der Waals surface area contributed by atoms with Gasteiger partial charge in [0.1, 0.15) is 18.2 Å². The summed E-state index contributed by atoms with van der Waals surface area (Å²) in [5, 5.41) is 0. The molecular weight excluding hydrogens is 532 g/mol. The second kappa shape index (κ2) is 10.0. The molecule has 9 heteroatoms. The van der Waals surface area contributed by atoms with Gasteiger partial charge < -0.3 is 9.47 Å². The van der Waals surface area contributed by atoms with Gasteiger partial charge in [-0.2, -0.15) is 0 Å². The van der Waals surface area contributed by atoms with Gasteiger partial charge in [-0.15, -0.1) is 0 Å². The zero-order valence-electron chi connectivity index (χ0n) is 17.2. The van der Waals surface area contributed by atoms with Crippen molar-refractivity contribution in [3.8, 4) is 11.5 Å². The molecule has 1 fully saturated rings. The van der Waals surface area contributed by atoms with Crippen LogP contribution < -0.4 is 14.4 Å². The van der Waals surface area contributed by atoms with Crippen molar-refractivity contribution in [2.75, 3.05) is 12.0 Å². The molecule has 4 rings (SSSR count). The molecule has 0 bridgehead atoms. The minimum atomic E-state index is -0.449. The van der Waals surface area contributed by atoms with E-state index < -0.39 is 5.82 Å². The molecule has 0 spiro atoms. The number of hydrogen-bond donors (Lipinski definition) is 0. The Kier molecular flexibility index (Phi) is 7.11. The van der Waals surface area contributed by atoms with E-state index in [-0.39, 0.29) is 18.3 Å². The van der Waals surface area contributed by atoms with E-state index in [0.29, 0.717) is 36.4 Å². The van der Waals surface area contributed by atoms with E-state index in [9.17, 15) is 13.6 Å². The Bertz CT molecular complexity index is 1270. The molecular formula is C24H16BrF2NO3S2. The first-order chi connectivity index (χ1) is 15.9. The van der Waals surface area contributed by atoms with Gasteiger partial charge >= 0.3 is 0 Å². The van der Waals surface area contributed by atoms with E-state index in [1.165, 1.54) is 42.3 Å². The predicted molar refractivity (Wildman–Crippen MR) is 133 cm³/mol. The van der Waals surface area contributed by atoms with Crippen molar-refractivity contribution in [2.45, 2.75) is 6.61 Å². The third-order valence-electron chi connectivity index (χ3n) is 4.71. The Morgan fingerprint density at radius 1 is 1.09 bits per heavy atom. The largest absolute Gasteiger partial charge is 0.493 e. The van der Waals surface area contributed by atoms with Gasteiger partial charge in [0.15, 0.2) is 15.8 Å². The van der Waals surface area contributed by atoms with Crippen LogP contribution in [0, 0.1) is 11.6 Å². The summed E-state index contributed by atoms with van der Waals surface area (Å²) in [5.74, 6) is -0.160. The molecule has 1 heterocycles. The van der Waals surface area contributed by atoms with Crippen molar-refractivity contribution in [1.82, 2.24) is 0 Å². The molecule has 3 aromatic rings. The van der Waals surface area contributed by atoms with Gasteiger partial charge in [0, 0.05) is 0 Å². The smallest absolute Gasteiger partial charge is 0.270 e. The van der Waals surface area contributed by atoms with Crippen LogP contribution >= 0.6 is 39.9 Å². The summed E-state index contributed by atoms with van der Waals surface area (Å²) < 4.78 is 39.0. The molecule has 0 radical (unpaired) electrons. The van der Waals surface area contributed by atoms with Gasteiger partial charge in [0.05, 0.1) is 22.2 Å². The number of rotatable bonds is 6. The number of carbonyl (C=O) groups excluding carboxylic acids is 1. The maximum absolute atomic E-state index is 13.6. The second-order valence-corrected chi connectivity index (χ2v) is 9.48. The van der Waals surface area contributed by atoms with Crippen LogP contribution in [0.25, 0.3) is 6.08 Å². The molecule has 0 aliphatic carbocycles. The summed E-state index contributed by atoms with van der Waals surface area (Å²) in [5.41, 5.74) is 1.87. The molecule has 0 aromatic heterocycles. The number of anilines is 1. The molecule has 0 atom stereocenters. The summed E-state index contributed by atoms with van der Waals surface area (Å²) in [4.78, 5) is 14.7. The minimum Gasteiger partial charge on any atom is -0.493 e. The van der Waals surface area contributed by atoms with Crippen LogP contribution in [-0.4, -0.2) is 17.3 Å². The topological polar surface area (TPSA) is 38.8 Å². The van der Waals surface area contributed by atoms with E-state index >= 15 is 0 Å². The third-order valence-corrected chi connectivity index (χ3v) is 6.60. The Labute approximate surface area is 207 Å². The van der Waals surface area contributed by atoms with Crippen molar-refractivity contribution in [3.63, 3.8) is 0 Å². The lowest BCUT2D eigenvalue weighted by molar-refractivity contribution is -0.113. The summed E-state index contributed by atoms with van der Waals surface area (Å²) in [7, 11) is 1.51. The van der Waals surface area contributed by atoms with Crippen LogP contribution in [0.5, 0.6) is 11.5 Å². The number of nitrogens with zero attached hydrogens (tertiary/aromatic N) is 1. The second-order valence-electron chi connectivity index (χ2n) is 6.95. The fraction of sp³-hybridized carbons (Fsp3) is 0.0833. The maximum atomic E-state index is 13.6. The number of carbonyl (C=O) groups is 1. The van der Waals surface area contributed by atoms with Crippen LogP contribution in [0.1, 0.15) is 11.1 Å². The van der Waals surface area contributed by atoms with Gasteiger partial charge in [0.2, 0.25) is 0 Å². The molecule has 168 valence electrons. The van der Waals surface area contributed by atoms with Crippen molar-refractivity contribution in [1.29, 1.82) is 0 Å².